The average Bonchev–Trinajstić information content (AvgIpc) is 2.63. The van der Waals surface area contributed by atoms with Gasteiger partial charge in [-0.1, -0.05) is 25.1 Å². The Morgan fingerprint density at radius 2 is 2.06 bits per heavy atom. The van der Waals surface area contributed by atoms with Crippen molar-refractivity contribution in [2.45, 2.75) is 19.6 Å². The van der Waals surface area contributed by atoms with Crippen LogP contribution in [0.2, 0.25) is 0 Å². The molecule has 86 valence electrons. The molecule has 0 saturated heterocycles. The predicted octanol–water partition coefficient (Wildman–Crippen LogP) is 3.14. The van der Waals surface area contributed by atoms with Gasteiger partial charge in [0.25, 0.3) is 0 Å². The van der Waals surface area contributed by atoms with Crippen LogP contribution in [0.4, 0.5) is 0 Å². The summed E-state index contributed by atoms with van der Waals surface area (Å²) in [5.74, 6) is 0.364. The van der Waals surface area contributed by atoms with E-state index < -0.39 is 9.84 Å². The lowest BCUT2D eigenvalue weighted by Crippen LogP contribution is -2.05. The minimum atomic E-state index is -2.94. The molecule has 0 saturated carbocycles. The maximum atomic E-state index is 11.6. The first-order valence-corrected chi connectivity index (χ1v) is 7.89. The van der Waals surface area contributed by atoms with Crippen LogP contribution >= 0.6 is 11.3 Å². The summed E-state index contributed by atoms with van der Waals surface area (Å²) in [7, 11) is -2.94. The van der Waals surface area contributed by atoms with Crippen LogP contribution in [0, 0.1) is 6.92 Å². The van der Waals surface area contributed by atoms with Gasteiger partial charge in [-0.2, -0.15) is 0 Å². The number of aryl methyl sites for hydroxylation is 1. The molecule has 2 rings (SSSR count). The highest BCUT2D eigenvalue weighted by Gasteiger charge is 2.13. The fourth-order valence-corrected chi connectivity index (χ4v) is 3.78. The Balaban J connectivity index is 2.51. The second kappa shape index (κ2) is 4.18. The lowest BCUT2D eigenvalue weighted by Gasteiger charge is -2.00. The second-order valence-corrected chi connectivity index (χ2v) is 7.12. The van der Waals surface area contributed by atoms with E-state index in [0.717, 1.165) is 10.9 Å². The van der Waals surface area contributed by atoms with Gasteiger partial charge in [0, 0.05) is 10.5 Å². The van der Waals surface area contributed by atoms with Crippen LogP contribution < -0.4 is 0 Å². The van der Waals surface area contributed by atoms with E-state index in [1.165, 1.54) is 10.3 Å². The molecule has 0 aliphatic rings. The molecule has 0 aliphatic heterocycles. The van der Waals surface area contributed by atoms with Crippen molar-refractivity contribution in [3.05, 3.63) is 34.7 Å². The van der Waals surface area contributed by atoms with Crippen molar-refractivity contribution >= 4 is 31.3 Å². The number of thiophene rings is 1. The van der Waals surface area contributed by atoms with Gasteiger partial charge in [0.2, 0.25) is 0 Å². The maximum absolute atomic E-state index is 11.6. The molecule has 0 spiro atoms. The SMILES string of the molecule is CCS(=O)(=O)Cc1csc2c(C)cccc12. The fourth-order valence-electron chi connectivity index (χ4n) is 1.71. The van der Waals surface area contributed by atoms with E-state index in [4.69, 9.17) is 0 Å². The molecular weight excluding hydrogens is 240 g/mol. The second-order valence-electron chi connectivity index (χ2n) is 3.89. The van der Waals surface area contributed by atoms with Gasteiger partial charge in [-0.25, -0.2) is 8.42 Å². The first kappa shape index (κ1) is 11.6. The molecule has 16 heavy (non-hydrogen) atoms. The third-order valence-electron chi connectivity index (χ3n) is 2.69. The van der Waals surface area contributed by atoms with E-state index >= 15 is 0 Å². The van der Waals surface area contributed by atoms with E-state index in [-0.39, 0.29) is 11.5 Å². The van der Waals surface area contributed by atoms with Crippen LogP contribution in [-0.4, -0.2) is 14.2 Å². The summed E-state index contributed by atoms with van der Waals surface area (Å²) in [6.07, 6.45) is 0. The van der Waals surface area contributed by atoms with Gasteiger partial charge in [-0.15, -0.1) is 11.3 Å². The maximum Gasteiger partial charge on any atom is 0.154 e. The number of benzene rings is 1. The van der Waals surface area contributed by atoms with Gasteiger partial charge >= 0.3 is 0 Å². The Morgan fingerprint density at radius 1 is 1.31 bits per heavy atom. The van der Waals surface area contributed by atoms with Crippen molar-refractivity contribution in [1.29, 1.82) is 0 Å². The molecule has 0 atom stereocenters. The molecule has 0 unspecified atom stereocenters. The Hall–Kier alpha value is -0.870. The Labute approximate surface area is 99.8 Å². The van der Waals surface area contributed by atoms with Crippen molar-refractivity contribution < 1.29 is 8.42 Å². The summed E-state index contributed by atoms with van der Waals surface area (Å²) in [5.41, 5.74) is 2.15. The third-order valence-corrected chi connectivity index (χ3v) is 5.50. The summed E-state index contributed by atoms with van der Waals surface area (Å²) < 4.78 is 24.4. The smallest absolute Gasteiger partial charge is 0.154 e. The van der Waals surface area contributed by atoms with Crippen LogP contribution in [0.15, 0.2) is 23.6 Å². The number of rotatable bonds is 3. The molecule has 1 aromatic heterocycles. The van der Waals surface area contributed by atoms with E-state index in [0.29, 0.717) is 0 Å². The van der Waals surface area contributed by atoms with Crippen molar-refractivity contribution in [3.8, 4) is 0 Å². The van der Waals surface area contributed by atoms with Crippen LogP contribution in [-0.2, 0) is 15.6 Å². The Bertz CT molecular complexity index is 609. The number of sulfone groups is 1. The molecule has 0 bridgehead atoms. The monoisotopic (exact) mass is 254 g/mol. The molecule has 0 radical (unpaired) electrons. The molecule has 1 heterocycles. The predicted molar refractivity (Wildman–Crippen MR) is 69.7 cm³/mol. The fraction of sp³-hybridized carbons (Fsp3) is 0.333. The lowest BCUT2D eigenvalue weighted by molar-refractivity contribution is 0.596. The van der Waals surface area contributed by atoms with Crippen LogP contribution in [0.3, 0.4) is 0 Å². The summed E-state index contributed by atoms with van der Waals surface area (Å²) in [5, 5.41) is 3.05. The van der Waals surface area contributed by atoms with Gasteiger partial charge in [0.1, 0.15) is 0 Å². The van der Waals surface area contributed by atoms with Crippen LogP contribution in [0.5, 0.6) is 0 Å². The van der Waals surface area contributed by atoms with Gasteiger partial charge in [-0.05, 0) is 28.8 Å². The molecule has 2 aromatic rings. The molecule has 0 amide bonds. The zero-order chi connectivity index (χ0) is 11.8. The first-order valence-electron chi connectivity index (χ1n) is 5.19. The molecule has 0 aliphatic carbocycles. The van der Waals surface area contributed by atoms with Crippen molar-refractivity contribution in [3.63, 3.8) is 0 Å². The van der Waals surface area contributed by atoms with E-state index in [2.05, 4.69) is 13.0 Å². The van der Waals surface area contributed by atoms with E-state index in [1.807, 2.05) is 17.5 Å². The standard InChI is InChI=1S/C12H14O2S2/c1-3-16(13,14)8-10-7-15-12-9(2)5-4-6-11(10)12/h4-7H,3,8H2,1-2H3. The number of hydrogen-bond acceptors (Lipinski definition) is 3. The Kier molecular flexibility index (Phi) is 3.04. The molecule has 2 nitrogen and oxygen atoms in total. The zero-order valence-corrected chi connectivity index (χ0v) is 11.0. The molecular formula is C12H14O2S2. The van der Waals surface area contributed by atoms with Gasteiger partial charge in [-0.3, -0.25) is 0 Å². The third kappa shape index (κ3) is 2.13. The molecule has 0 N–H and O–H groups in total. The number of hydrogen-bond donors (Lipinski definition) is 0. The zero-order valence-electron chi connectivity index (χ0n) is 9.36. The van der Waals surface area contributed by atoms with Crippen molar-refractivity contribution in [2.24, 2.45) is 0 Å². The van der Waals surface area contributed by atoms with E-state index in [9.17, 15) is 8.42 Å². The van der Waals surface area contributed by atoms with Crippen molar-refractivity contribution in [2.75, 3.05) is 5.75 Å². The molecule has 1 aromatic carbocycles. The minimum absolute atomic E-state index is 0.160. The van der Waals surface area contributed by atoms with Crippen LogP contribution in [0.25, 0.3) is 10.1 Å². The highest BCUT2D eigenvalue weighted by Crippen LogP contribution is 2.29. The highest BCUT2D eigenvalue weighted by atomic mass is 32.2. The van der Waals surface area contributed by atoms with Crippen molar-refractivity contribution in [1.82, 2.24) is 0 Å². The topological polar surface area (TPSA) is 34.1 Å². The normalized spacial score (nSPS) is 12.1. The lowest BCUT2D eigenvalue weighted by atomic mass is 10.1. The first-order chi connectivity index (χ1) is 7.53. The van der Waals surface area contributed by atoms with Gasteiger partial charge in [0.05, 0.1) is 5.75 Å². The van der Waals surface area contributed by atoms with E-state index in [1.54, 1.807) is 18.3 Å². The quantitative estimate of drug-likeness (QED) is 0.843. The summed E-state index contributed by atoms with van der Waals surface area (Å²) in [4.78, 5) is 0. The summed E-state index contributed by atoms with van der Waals surface area (Å²) >= 11 is 1.63. The highest BCUT2D eigenvalue weighted by molar-refractivity contribution is 7.90. The molecule has 4 heteroatoms. The van der Waals surface area contributed by atoms with Gasteiger partial charge in [0.15, 0.2) is 9.84 Å². The summed E-state index contributed by atoms with van der Waals surface area (Å²) in [6, 6.07) is 6.03. The van der Waals surface area contributed by atoms with Crippen LogP contribution in [0.1, 0.15) is 18.1 Å². The van der Waals surface area contributed by atoms with Gasteiger partial charge < -0.3 is 0 Å². The largest absolute Gasteiger partial charge is 0.229 e. The summed E-state index contributed by atoms with van der Waals surface area (Å²) in [6.45, 7) is 3.74. The number of fused-ring (bicyclic) bond motifs is 1. The Morgan fingerprint density at radius 3 is 2.75 bits per heavy atom. The molecule has 0 fully saturated rings. The minimum Gasteiger partial charge on any atom is -0.229 e. The average molecular weight is 254 g/mol.